The number of carbonyl (C=O) groups is 1. The van der Waals surface area contributed by atoms with E-state index in [1.165, 1.54) is 0 Å². The Morgan fingerprint density at radius 1 is 1.53 bits per heavy atom. The molecule has 2 rings (SSSR count). The van der Waals surface area contributed by atoms with Gasteiger partial charge in [0.1, 0.15) is 11.4 Å². The molecule has 0 saturated heterocycles. The number of H-pyrrole nitrogens is 1. The second kappa shape index (κ2) is 5.85. The highest BCUT2D eigenvalue weighted by Gasteiger charge is 2.16. The zero-order valence-electron chi connectivity index (χ0n) is 10.8. The second-order valence-electron chi connectivity index (χ2n) is 3.73. The molecule has 0 unspecified atom stereocenters. The molecule has 100 valence electrons. The van der Waals surface area contributed by atoms with E-state index in [4.69, 9.17) is 4.74 Å². The molecular weight excluding hydrogens is 246 g/mol. The van der Waals surface area contributed by atoms with Gasteiger partial charge in [0, 0.05) is 25.5 Å². The van der Waals surface area contributed by atoms with E-state index in [2.05, 4.69) is 20.6 Å². The number of ether oxygens (including phenoxy) is 1. The van der Waals surface area contributed by atoms with Crippen LogP contribution in [0, 0.1) is 0 Å². The molecule has 0 bridgehead atoms. The Labute approximate surface area is 110 Å². The third kappa shape index (κ3) is 3.01. The summed E-state index contributed by atoms with van der Waals surface area (Å²) in [6, 6.07) is 3.50. The van der Waals surface area contributed by atoms with Gasteiger partial charge in [-0.25, -0.2) is 4.79 Å². The van der Waals surface area contributed by atoms with Crippen molar-refractivity contribution < 1.29 is 9.53 Å². The summed E-state index contributed by atoms with van der Waals surface area (Å²) in [7, 11) is 1.76. The van der Waals surface area contributed by atoms with Crippen LogP contribution in [-0.2, 0) is 16.6 Å². The molecule has 0 aromatic carbocycles. The lowest BCUT2D eigenvalue weighted by atomic mass is 10.2. The number of esters is 1. The molecule has 19 heavy (non-hydrogen) atoms. The number of hydrogen-bond acceptors (Lipinski definition) is 5. The Morgan fingerprint density at radius 2 is 2.37 bits per heavy atom. The predicted molar refractivity (Wildman–Crippen MR) is 70.0 cm³/mol. The number of aromatic amines is 1. The minimum absolute atomic E-state index is 0.318. The van der Waals surface area contributed by atoms with E-state index in [0.717, 1.165) is 0 Å². The van der Waals surface area contributed by atoms with Gasteiger partial charge in [0.25, 0.3) is 0 Å². The first kappa shape index (κ1) is 12.9. The SMILES string of the molecule is CCOC(=O)/C(=C\Nc1ccn[nH]1)c1ccnn1C. The quantitative estimate of drug-likeness (QED) is 0.623. The molecule has 0 aliphatic rings. The highest BCUT2D eigenvalue weighted by Crippen LogP contribution is 2.15. The molecule has 0 atom stereocenters. The average Bonchev–Trinajstić information content (AvgIpc) is 3.02. The van der Waals surface area contributed by atoms with Crippen LogP contribution < -0.4 is 5.32 Å². The van der Waals surface area contributed by atoms with Crippen LogP contribution in [0.15, 0.2) is 30.7 Å². The van der Waals surface area contributed by atoms with Crippen molar-refractivity contribution in [2.75, 3.05) is 11.9 Å². The molecule has 2 aromatic rings. The zero-order chi connectivity index (χ0) is 13.7. The van der Waals surface area contributed by atoms with Crippen molar-refractivity contribution in [3.05, 3.63) is 36.4 Å². The number of carbonyl (C=O) groups excluding carboxylic acids is 1. The molecule has 2 heterocycles. The zero-order valence-corrected chi connectivity index (χ0v) is 10.8. The molecule has 0 amide bonds. The van der Waals surface area contributed by atoms with Gasteiger partial charge in [-0.1, -0.05) is 0 Å². The van der Waals surface area contributed by atoms with Crippen LogP contribution in [0.25, 0.3) is 5.57 Å². The third-order valence-corrected chi connectivity index (χ3v) is 2.46. The summed E-state index contributed by atoms with van der Waals surface area (Å²) in [5, 5.41) is 13.6. The van der Waals surface area contributed by atoms with Crippen molar-refractivity contribution in [1.82, 2.24) is 20.0 Å². The van der Waals surface area contributed by atoms with Crippen molar-refractivity contribution >= 4 is 17.4 Å². The maximum absolute atomic E-state index is 12.0. The Bertz CT molecular complexity index is 571. The van der Waals surface area contributed by atoms with Gasteiger partial charge in [-0.05, 0) is 13.0 Å². The number of anilines is 1. The fourth-order valence-corrected chi connectivity index (χ4v) is 1.57. The first-order valence-electron chi connectivity index (χ1n) is 5.84. The van der Waals surface area contributed by atoms with Gasteiger partial charge in [0.05, 0.1) is 18.5 Å². The van der Waals surface area contributed by atoms with Gasteiger partial charge in [-0.3, -0.25) is 9.78 Å². The number of hydrogen-bond donors (Lipinski definition) is 2. The standard InChI is InChI=1S/C12H15N5O2/c1-3-19-12(18)9(10-4-7-15-17(10)2)8-13-11-5-6-14-16-11/h4-8H,3H2,1-2H3,(H2,13,14,16)/b9-8-. The number of aryl methyl sites for hydroxylation is 1. The van der Waals surface area contributed by atoms with Crippen molar-refractivity contribution in [1.29, 1.82) is 0 Å². The van der Waals surface area contributed by atoms with Gasteiger partial charge in [-0.2, -0.15) is 10.2 Å². The van der Waals surface area contributed by atoms with Crippen LogP contribution in [0.2, 0.25) is 0 Å². The largest absolute Gasteiger partial charge is 0.462 e. The first-order valence-corrected chi connectivity index (χ1v) is 5.84. The van der Waals surface area contributed by atoms with Crippen molar-refractivity contribution in [2.45, 2.75) is 6.92 Å². The molecule has 7 nitrogen and oxygen atoms in total. The van der Waals surface area contributed by atoms with E-state index >= 15 is 0 Å². The van der Waals surface area contributed by atoms with Gasteiger partial charge in [-0.15, -0.1) is 0 Å². The van der Waals surface area contributed by atoms with Gasteiger partial charge in [0.2, 0.25) is 0 Å². The lowest BCUT2D eigenvalue weighted by molar-refractivity contribution is -0.136. The molecule has 0 aliphatic heterocycles. The van der Waals surface area contributed by atoms with Crippen LogP contribution >= 0.6 is 0 Å². The number of aromatic nitrogens is 4. The number of nitrogens with one attached hydrogen (secondary N) is 2. The summed E-state index contributed by atoms with van der Waals surface area (Å²) in [5.74, 6) is 0.280. The minimum Gasteiger partial charge on any atom is -0.462 e. The van der Waals surface area contributed by atoms with Crippen molar-refractivity contribution in [3.63, 3.8) is 0 Å². The predicted octanol–water partition coefficient (Wildman–Crippen LogP) is 1.16. The topological polar surface area (TPSA) is 84.8 Å². The van der Waals surface area contributed by atoms with E-state index in [0.29, 0.717) is 23.7 Å². The molecule has 0 spiro atoms. The normalized spacial score (nSPS) is 11.4. The maximum Gasteiger partial charge on any atom is 0.341 e. The summed E-state index contributed by atoms with van der Waals surface area (Å²) in [6.07, 6.45) is 4.81. The number of rotatable bonds is 5. The van der Waals surface area contributed by atoms with E-state index in [1.807, 2.05) is 0 Å². The smallest absolute Gasteiger partial charge is 0.341 e. The highest BCUT2D eigenvalue weighted by atomic mass is 16.5. The second-order valence-corrected chi connectivity index (χ2v) is 3.73. The average molecular weight is 261 g/mol. The van der Waals surface area contributed by atoms with E-state index in [9.17, 15) is 4.79 Å². The fourth-order valence-electron chi connectivity index (χ4n) is 1.57. The van der Waals surface area contributed by atoms with Crippen LogP contribution in [0.1, 0.15) is 12.6 Å². The van der Waals surface area contributed by atoms with Gasteiger partial charge < -0.3 is 10.1 Å². The molecule has 0 aliphatic carbocycles. The summed E-state index contributed by atoms with van der Waals surface area (Å²) < 4.78 is 6.65. The summed E-state index contributed by atoms with van der Waals surface area (Å²) >= 11 is 0. The molecule has 2 aromatic heterocycles. The fraction of sp³-hybridized carbons (Fsp3) is 0.250. The van der Waals surface area contributed by atoms with Crippen LogP contribution in [0.5, 0.6) is 0 Å². The van der Waals surface area contributed by atoms with Crippen LogP contribution in [-0.4, -0.2) is 32.6 Å². The first-order chi connectivity index (χ1) is 9.22. The highest BCUT2D eigenvalue weighted by molar-refractivity contribution is 6.16. The lowest BCUT2D eigenvalue weighted by Crippen LogP contribution is -2.11. The Balaban J connectivity index is 2.26. The molecule has 0 radical (unpaired) electrons. The van der Waals surface area contributed by atoms with Crippen molar-refractivity contribution in [2.24, 2.45) is 7.05 Å². The van der Waals surface area contributed by atoms with E-state index in [-0.39, 0.29) is 0 Å². The molecular formula is C12H15N5O2. The van der Waals surface area contributed by atoms with Gasteiger partial charge in [0.15, 0.2) is 0 Å². The molecule has 2 N–H and O–H groups in total. The Kier molecular flexibility index (Phi) is 3.97. The van der Waals surface area contributed by atoms with Crippen LogP contribution in [0.4, 0.5) is 5.82 Å². The summed E-state index contributed by atoms with van der Waals surface area (Å²) in [4.78, 5) is 12.0. The van der Waals surface area contributed by atoms with Crippen molar-refractivity contribution in [3.8, 4) is 0 Å². The van der Waals surface area contributed by atoms with Crippen LogP contribution in [0.3, 0.4) is 0 Å². The summed E-state index contributed by atoms with van der Waals surface area (Å²) in [5.41, 5.74) is 1.07. The molecule has 7 heteroatoms. The Morgan fingerprint density at radius 3 is 2.95 bits per heavy atom. The van der Waals surface area contributed by atoms with Gasteiger partial charge >= 0.3 is 5.97 Å². The number of nitrogens with zero attached hydrogens (tertiary/aromatic N) is 3. The van der Waals surface area contributed by atoms with E-state index in [1.54, 1.807) is 49.4 Å². The molecule has 0 saturated carbocycles. The molecule has 0 fully saturated rings. The van der Waals surface area contributed by atoms with E-state index < -0.39 is 5.97 Å². The minimum atomic E-state index is -0.405. The monoisotopic (exact) mass is 261 g/mol. The third-order valence-electron chi connectivity index (χ3n) is 2.46. The lowest BCUT2D eigenvalue weighted by Gasteiger charge is -2.08. The summed E-state index contributed by atoms with van der Waals surface area (Å²) in [6.45, 7) is 2.08. The maximum atomic E-state index is 12.0. The Hall–Kier alpha value is -2.57.